The second-order valence-electron chi connectivity index (χ2n) is 6.08. The molecule has 0 saturated heterocycles. The van der Waals surface area contributed by atoms with Gasteiger partial charge in [0.15, 0.2) is 0 Å². The molecule has 1 atom stereocenters. The largest absolute Gasteiger partial charge is 0.496 e. The van der Waals surface area contributed by atoms with E-state index in [0.717, 1.165) is 18.7 Å². The van der Waals surface area contributed by atoms with Gasteiger partial charge in [-0.05, 0) is 29.9 Å². The molecule has 1 rings (SSSR count). The summed E-state index contributed by atoms with van der Waals surface area (Å²) >= 11 is 0. The maximum Gasteiger partial charge on any atom is 0.122 e. The summed E-state index contributed by atoms with van der Waals surface area (Å²) in [6, 6.07) is 8.90. The van der Waals surface area contributed by atoms with Crippen molar-refractivity contribution in [2.75, 3.05) is 13.7 Å². The Bertz CT molecular complexity index is 375. The Morgan fingerprint density at radius 3 is 2.53 bits per heavy atom. The van der Waals surface area contributed by atoms with E-state index in [4.69, 9.17) is 4.74 Å². The predicted octanol–water partition coefficient (Wildman–Crippen LogP) is 4.04. The lowest BCUT2D eigenvalue weighted by atomic mass is 9.79. The molecule has 0 fully saturated rings. The Labute approximate surface area is 118 Å². The summed E-state index contributed by atoms with van der Waals surface area (Å²) < 4.78 is 5.47. The molecule has 0 amide bonds. The quantitative estimate of drug-likeness (QED) is 0.764. The van der Waals surface area contributed by atoms with Gasteiger partial charge in [0.2, 0.25) is 0 Å². The minimum atomic E-state index is 0.285. The normalized spacial score (nSPS) is 14.4. The van der Waals surface area contributed by atoms with Crippen molar-refractivity contribution >= 4 is 0 Å². The van der Waals surface area contributed by atoms with Crippen LogP contribution in [0, 0.1) is 5.41 Å². The third-order valence-electron chi connectivity index (χ3n) is 3.60. The lowest BCUT2D eigenvalue weighted by Crippen LogP contribution is -2.37. The third kappa shape index (κ3) is 5.23. The molecule has 2 heteroatoms. The van der Waals surface area contributed by atoms with Crippen LogP contribution in [0.1, 0.15) is 46.1 Å². The molecule has 1 aromatic rings. The average Bonchev–Trinajstić information content (AvgIpc) is 2.37. The minimum Gasteiger partial charge on any atom is -0.496 e. The lowest BCUT2D eigenvalue weighted by molar-refractivity contribution is 0.263. The van der Waals surface area contributed by atoms with E-state index in [1.54, 1.807) is 7.11 Å². The molecule has 0 saturated carbocycles. The number of benzene rings is 1. The van der Waals surface area contributed by atoms with E-state index in [1.165, 1.54) is 18.4 Å². The fraction of sp³-hybridized carbons (Fsp3) is 0.647. The zero-order valence-electron chi connectivity index (χ0n) is 13.1. The minimum absolute atomic E-state index is 0.285. The van der Waals surface area contributed by atoms with Crippen molar-refractivity contribution in [3.8, 4) is 5.75 Å². The molecule has 2 nitrogen and oxygen atoms in total. The summed E-state index contributed by atoms with van der Waals surface area (Å²) in [6.07, 6.45) is 3.50. The van der Waals surface area contributed by atoms with Crippen LogP contribution in [0.2, 0.25) is 0 Å². The van der Waals surface area contributed by atoms with Crippen LogP contribution < -0.4 is 10.1 Å². The van der Waals surface area contributed by atoms with E-state index in [9.17, 15) is 0 Å². The Hall–Kier alpha value is -1.02. The first kappa shape index (κ1) is 16.0. The number of para-hydroxylation sites is 1. The van der Waals surface area contributed by atoms with Crippen LogP contribution in [0.5, 0.6) is 5.75 Å². The fourth-order valence-corrected chi connectivity index (χ4v) is 2.60. The Morgan fingerprint density at radius 1 is 1.26 bits per heavy atom. The van der Waals surface area contributed by atoms with Crippen molar-refractivity contribution in [3.63, 3.8) is 0 Å². The molecule has 0 heterocycles. The highest BCUT2D eigenvalue weighted by Crippen LogP contribution is 2.31. The number of hydrogen-bond donors (Lipinski definition) is 1. The van der Waals surface area contributed by atoms with E-state index in [2.05, 4.69) is 51.2 Å². The molecule has 0 aliphatic heterocycles. The van der Waals surface area contributed by atoms with Crippen LogP contribution in [0.4, 0.5) is 0 Å². The molecule has 0 spiro atoms. The van der Waals surface area contributed by atoms with Crippen LogP contribution in [0.15, 0.2) is 24.3 Å². The van der Waals surface area contributed by atoms with Crippen molar-refractivity contribution in [2.24, 2.45) is 5.41 Å². The first-order valence-corrected chi connectivity index (χ1v) is 7.36. The first-order chi connectivity index (χ1) is 9.00. The van der Waals surface area contributed by atoms with E-state index >= 15 is 0 Å². The maximum absolute atomic E-state index is 5.47. The van der Waals surface area contributed by atoms with Gasteiger partial charge in [0.05, 0.1) is 7.11 Å². The second-order valence-corrected chi connectivity index (χ2v) is 6.08. The highest BCUT2D eigenvalue weighted by Gasteiger charge is 2.25. The van der Waals surface area contributed by atoms with Gasteiger partial charge in [-0.25, -0.2) is 0 Å². The van der Waals surface area contributed by atoms with Crippen molar-refractivity contribution in [3.05, 3.63) is 29.8 Å². The smallest absolute Gasteiger partial charge is 0.122 e. The monoisotopic (exact) mass is 263 g/mol. The lowest BCUT2D eigenvalue weighted by Gasteiger charge is -2.31. The highest BCUT2D eigenvalue weighted by atomic mass is 16.5. The zero-order valence-corrected chi connectivity index (χ0v) is 13.1. The number of ether oxygens (including phenoxy) is 1. The van der Waals surface area contributed by atoms with Gasteiger partial charge in [-0.2, -0.15) is 0 Å². The summed E-state index contributed by atoms with van der Waals surface area (Å²) in [7, 11) is 1.75. The predicted molar refractivity (Wildman–Crippen MR) is 82.9 cm³/mol. The van der Waals surface area contributed by atoms with E-state index in [0.29, 0.717) is 6.04 Å². The van der Waals surface area contributed by atoms with Crippen LogP contribution >= 0.6 is 0 Å². The number of methoxy groups -OCH3 is 1. The molecule has 0 bridgehead atoms. The highest BCUT2D eigenvalue weighted by molar-refractivity contribution is 5.34. The van der Waals surface area contributed by atoms with Crippen molar-refractivity contribution in [1.82, 2.24) is 5.32 Å². The molecule has 1 unspecified atom stereocenters. The van der Waals surface area contributed by atoms with Gasteiger partial charge in [0.1, 0.15) is 5.75 Å². The summed E-state index contributed by atoms with van der Waals surface area (Å²) in [5.41, 5.74) is 1.60. The SMILES string of the molecule is CCCC(C)(CNC(C)C)Cc1ccccc1OC. The van der Waals surface area contributed by atoms with Crippen molar-refractivity contribution in [2.45, 2.75) is 53.0 Å². The zero-order chi connectivity index (χ0) is 14.3. The van der Waals surface area contributed by atoms with Gasteiger partial charge < -0.3 is 10.1 Å². The Balaban J connectivity index is 2.81. The fourth-order valence-electron chi connectivity index (χ4n) is 2.60. The molecule has 0 radical (unpaired) electrons. The molecular formula is C17H29NO. The van der Waals surface area contributed by atoms with E-state index in [1.807, 2.05) is 6.07 Å². The molecule has 1 aromatic carbocycles. The van der Waals surface area contributed by atoms with E-state index < -0.39 is 0 Å². The third-order valence-corrected chi connectivity index (χ3v) is 3.60. The van der Waals surface area contributed by atoms with Crippen molar-refractivity contribution < 1.29 is 4.74 Å². The summed E-state index contributed by atoms with van der Waals surface area (Å²) in [4.78, 5) is 0. The maximum atomic E-state index is 5.47. The number of hydrogen-bond acceptors (Lipinski definition) is 2. The first-order valence-electron chi connectivity index (χ1n) is 7.36. The second kappa shape index (κ2) is 7.54. The Kier molecular flexibility index (Phi) is 6.36. The molecule has 0 aliphatic carbocycles. The Morgan fingerprint density at radius 2 is 1.95 bits per heavy atom. The van der Waals surface area contributed by atoms with Gasteiger partial charge in [-0.15, -0.1) is 0 Å². The van der Waals surface area contributed by atoms with Gasteiger partial charge in [-0.3, -0.25) is 0 Å². The molecule has 19 heavy (non-hydrogen) atoms. The van der Waals surface area contributed by atoms with Gasteiger partial charge in [0, 0.05) is 12.6 Å². The molecule has 108 valence electrons. The standard InChI is InChI=1S/C17H29NO/c1-6-11-17(4,13-18-14(2)3)12-15-9-7-8-10-16(15)19-5/h7-10,14,18H,6,11-13H2,1-5H3. The van der Waals surface area contributed by atoms with Crippen molar-refractivity contribution in [1.29, 1.82) is 0 Å². The van der Waals surface area contributed by atoms with Crippen LogP contribution in [0.3, 0.4) is 0 Å². The van der Waals surface area contributed by atoms with Crippen LogP contribution in [0.25, 0.3) is 0 Å². The summed E-state index contributed by atoms with van der Waals surface area (Å²) in [5.74, 6) is 1.01. The van der Waals surface area contributed by atoms with Gasteiger partial charge in [0.25, 0.3) is 0 Å². The molecule has 0 aliphatic rings. The summed E-state index contributed by atoms with van der Waals surface area (Å²) in [5, 5.41) is 3.59. The molecule has 0 aromatic heterocycles. The molecular weight excluding hydrogens is 234 g/mol. The van der Waals surface area contributed by atoms with Crippen LogP contribution in [-0.2, 0) is 6.42 Å². The topological polar surface area (TPSA) is 21.3 Å². The average molecular weight is 263 g/mol. The summed E-state index contributed by atoms with van der Waals surface area (Å²) in [6.45, 7) is 10.1. The van der Waals surface area contributed by atoms with E-state index in [-0.39, 0.29) is 5.41 Å². The number of nitrogens with one attached hydrogen (secondary N) is 1. The van der Waals surface area contributed by atoms with Crippen LogP contribution in [-0.4, -0.2) is 19.7 Å². The van der Waals surface area contributed by atoms with Gasteiger partial charge >= 0.3 is 0 Å². The van der Waals surface area contributed by atoms with Gasteiger partial charge in [-0.1, -0.05) is 52.3 Å². The molecule has 1 N–H and O–H groups in total. The number of rotatable bonds is 8.